The summed E-state index contributed by atoms with van der Waals surface area (Å²) in [6, 6.07) is 6.09. The highest BCUT2D eigenvalue weighted by atomic mass is 127. The number of anilines is 1. The highest BCUT2D eigenvalue weighted by Crippen LogP contribution is 2.35. The van der Waals surface area contributed by atoms with E-state index in [-0.39, 0.29) is 6.42 Å². The second kappa shape index (κ2) is 9.03. The Kier molecular flexibility index (Phi) is 7.36. The molecule has 1 aromatic carbocycles. The van der Waals surface area contributed by atoms with Crippen LogP contribution in [0.5, 0.6) is 0 Å². The van der Waals surface area contributed by atoms with Gasteiger partial charge < -0.3 is 10.0 Å². The normalized spacial score (nSPS) is 14.6. The number of carboxylic acid groups (broad SMARTS) is 1. The van der Waals surface area contributed by atoms with E-state index in [1.807, 2.05) is 23.1 Å². The van der Waals surface area contributed by atoms with Gasteiger partial charge >= 0.3 is 5.97 Å². The molecule has 1 aliphatic carbocycles. The predicted molar refractivity (Wildman–Crippen MR) is 106 cm³/mol. The van der Waals surface area contributed by atoms with E-state index in [9.17, 15) is 4.79 Å². The van der Waals surface area contributed by atoms with Gasteiger partial charge in [-0.05, 0) is 36.0 Å². The topological polar surface area (TPSA) is 53.4 Å². The van der Waals surface area contributed by atoms with Crippen molar-refractivity contribution in [2.45, 2.75) is 38.1 Å². The van der Waals surface area contributed by atoms with Crippen LogP contribution in [0.1, 0.15) is 32.1 Å². The number of aromatic nitrogens is 1. The Morgan fingerprint density at radius 1 is 1.43 bits per heavy atom. The van der Waals surface area contributed by atoms with Crippen molar-refractivity contribution in [3.8, 4) is 0 Å². The van der Waals surface area contributed by atoms with E-state index in [4.69, 9.17) is 16.7 Å². The van der Waals surface area contributed by atoms with Crippen LogP contribution in [0.25, 0.3) is 10.2 Å². The third-order valence-corrected chi connectivity index (χ3v) is 5.21. The minimum Gasteiger partial charge on any atom is -0.481 e. The van der Waals surface area contributed by atoms with Gasteiger partial charge in [0, 0.05) is 17.6 Å². The fraction of sp³-hybridized carbons (Fsp3) is 0.500. The standard InChI is InChI=1S/C15H17ClN2O2S.CH3I/c16-10-5-6-12-13(9-10)21-15(17-12)18(8-7-14(19)20)11-3-1-2-4-11;1-2/h5-6,9,11H,1-4,7-8H2,(H,19,20);1H3. The lowest BCUT2D eigenvalue weighted by molar-refractivity contribution is -0.136. The van der Waals surface area contributed by atoms with Crippen molar-refractivity contribution in [1.29, 1.82) is 0 Å². The molecule has 0 spiro atoms. The van der Waals surface area contributed by atoms with Crippen LogP contribution in [0.4, 0.5) is 5.13 Å². The van der Waals surface area contributed by atoms with Crippen molar-refractivity contribution < 1.29 is 9.90 Å². The molecule has 0 aliphatic heterocycles. The molecule has 0 radical (unpaired) electrons. The first-order chi connectivity index (χ1) is 11.1. The lowest BCUT2D eigenvalue weighted by atomic mass is 10.2. The molecule has 23 heavy (non-hydrogen) atoms. The molecule has 1 heterocycles. The van der Waals surface area contributed by atoms with Crippen LogP contribution in [0.3, 0.4) is 0 Å². The summed E-state index contributed by atoms with van der Waals surface area (Å²) in [5.74, 6) is -0.762. The van der Waals surface area contributed by atoms with Crippen LogP contribution in [-0.4, -0.2) is 33.6 Å². The Labute approximate surface area is 159 Å². The number of alkyl halides is 1. The number of carbonyl (C=O) groups is 1. The lowest BCUT2D eigenvalue weighted by Crippen LogP contribution is -2.35. The Bertz CT molecular complexity index is 659. The zero-order chi connectivity index (χ0) is 16.8. The molecule has 1 fully saturated rings. The van der Waals surface area contributed by atoms with E-state index in [0.29, 0.717) is 17.6 Å². The summed E-state index contributed by atoms with van der Waals surface area (Å²) in [4.78, 5) is 19.7. The summed E-state index contributed by atoms with van der Waals surface area (Å²) in [7, 11) is 0. The van der Waals surface area contributed by atoms with Crippen molar-refractivity contribution in [2.24, 2.45) is 0 Å². The molecule has 4 nitrogen and oxygen atoms in total. The van der Waals surface area contributed by atoms with Crippen molar-refractivity contribution in [3.63, 3.8) is 0 Å². The summed E-state index contributed by atoms with van der Waals surface area (Å²) in [6.45, 7) is 0.521. The van der Waals surface area contributed by atoms with Crippen LogP contribution in [0.2, 0.25) is 5.02 Å². The summed E-state index contributed by atoms with van der Waals surface area (Å²) >= 11 is 9.77. The van der Waals surface area contributed by atoms with Crippen LogP contribution in [0, 0.1) is 0 Å². The minimum absolute atomic E-state index is 0.146. The zero-order valence-electron chi connectivity index (χ0n) is 13.0. The maximum absolute atomic E-state index is 10.9. The van der Waals surface area contributed by atoms with Gasteiger partial charge in [-0.3, -0.25) is 4.79 Å². The summed E-state index contributed by atoms with van der Waals surface area (Å²) < 4.78 is 1.05. The van der Waals surface area contributed by atoms with Crippen molar-refractivity contribution in [1.82, 2.24) is 4.98 Å². The molecule has 0 saturated heterocycles. The van der Waals surface area contributed by atoms with Gasteiger partial charge in [0.2, 0.25) is 0 Å². The molecule has 1 N–H and O–H groups in total. The van der Waals surface area contributed by atoms with E-state index < -0.39 is 5.97 Å². The van der Waals surface area contributed by atoms with E-state index in [0.717, 1.165) is 28.2 Å². The summed E-state index contributed by atoms with van der Waals surface area (Å²) in [5, 5.41) is 10.6. The average molecular weight is 467 g/mol. The van der Waals surface area contributed by atoms with Gasteiger partial charge in [0.15, 0.2) is 5.13 Å². The number of nitrogens with zero attached hydrogens (tertiary/aromatic N) is 2. The highest BCUT2D eigenvalue weighted by molar-refractivity contribution is 14.1. The third kappa shape index (κ3) is 4.93. The minimum atomic E-state index is -0.762. The quantitative estimate of drug-likeness (QED) is 0.484. The van der Waals surface area contributed by atoms with Crippen LogP contribution in [0.15, 0.2) is 18.2 Å². The maximum Gasteiger partial charge on any atom is 0.305 e. The Morgan fingerprint density at radius 2 is 2.13 bits per heavy atom. The molecular weight excluding hydrogens is 447 g/mol. The second-order valence-electron chi connectivity index (χ2n) is 5.38. The fourth-order valence-electron chi connectivity index (χ4n) is 2.88. The van der Waals surface area contributed by atoms with E-state index in [1.165, 1.54) is 12.8 Å². The molecule has 0 bridgehead atoms. The largest absolute Gasteiger partial charge is 0.481 e. The maximum atomic E-state index is 10.9. The van der Waals surface area contributed by atoms with Gasteiger partial charge in [0.05, 0.1) is 16.6 Å². The lowest BCUT2D eigenvalue weighted by Gasteiger charge is -2.27. The number of aliphatic carboxylic acids is 1. The van der Waals surface area contributed by atoms with Crippen molar-refractivity contribution in [2.75, 3.05) is 16.4 Å². The van der Waals surface area contributed by atoms with Crippen molar-refractivity contribution in [3.05, 3.63) is 23.2 Å². The van der Waals surface area contributed by atoms with Gasteiger partial charge in [-0.1, -0.05) is 58.4 Å². The number of carboxylic acids is 1. The number of fused-ring (bicyclic) bond motifs is 1. The van der Waals surface area contributed by atoms with E-state index in [1.54, 1.807) is 11.3 Å². The van der Waals surface area contributed by atoms with E-state index >= 15 is 0 Å². The number of thiazole rings is 1. The molecule has 1 saturated carbocycles. The molecule has 1 aliphatic rings. The van der Waals surface area contributed by atoms with Gasteiger partial charge in [0.25, 0.3) is 0 Å². The van der Waals surface area contributed by atoms with Gasteiger partial charge in [-0.2, -0.15) is 0 Å². The molecular formula is C16H20ClIN2O2S. The first kappa shape index (κ1) is 18.7. The second-order valence-corrected chi connectivity index (χ2v) is 6.83. The number of benzene rings is 1. The molecule has 0 unspecified atom stereocenters. The summed E-state index contributed by atoms with van der Waals surface area (Å²) in [6.07, 6.45) is 4.82. The molecule has 3 rings (SSSR count). The number of halogens is 2. The average Bonchev–Trinajstić information content (AvgIpc) is 3.18. The van der Waals surface area contributed by atoms with Crippen LogP contribution >= 0.6 is 45.5 Å². The third-order valence-electron chi connectivity index (χ3n) is 3.92. The molecule has 2 aromatic rings. The number of rotatable bonds is 5. The first-order valence-corrected chi connectivity index (χ1v) is 10.9. The van der Waals surface area contributed by atoms with Crippen molar-refractivity contribution >= 4 is 66.8 Å². The van der Waals surface area contributed by atoms with E-state index in [2.05, 4.69) is 32.5 Å². The van der Waals surface area contributed by atoms with Gasteiger partial charge in [-0.25, -0.2) is 4.98 Å². The molecule has 7 heteroatoms. The first-order valence-electron chi connectivity index (χ1n) is 7.56. The summed E-state index contributed by atoms with van der Waals surface area (Å²) in [5.41, 5.74) is 0.928. The Hall–Kier alpha value is -0.600. The predicted octanol–water partition coefficient (Wildman–Crippen LogP) is 5.22. The van der Waals surface area contributed by atoms with Crippen LogP contribution < -0.4 is 4.90 Å². The van der Waals surface area contributed by atoms with Gasteiger partial charge in [0.1, 0.15) is 0 Å². The number of hydrogen-bond acceptors (Lipinski definition) is 4. The molecule has 126 valence electrons. The Morgan fingerprint density at radius 3 is 2.78 bits per heavy atom. The number of hydrogen-bond donors (Lipinski definition) is 1. The Balaban J connectivity index is 0.000000924. The molecule has 1 aromatic heterocycles. The zero-order valence-corrected chi connectivity index (χ0v) is 16.7. The van der Waals surface area contributed by atoms with Crippen LogP contribution in [-0.2, 0) is 4.79 Å². The monoisotopic (exact) mass is 466 g/mol. The molecule has 0 atom stereocenters. The SMILES string of the molecule is CI.O=C(O)CCN(c1nc2ccc(Cl)cc2s1)C1CCCC1. The molecule has 0 amide bonds. The fourth-order valence-corrected chi connectivity index (χ4v) is 4.21. The highest BCUT2D eigenvalue weighted by Gasteiger charge is 2.25. The van der Waals surface area contributed by atoms with Gasteiger partial charge in [-0.15, -0.1) is 0 Å². The smallest absolute Gasteiger partial charge is 0.305 e.